The molecule has 0 aromatic carbocycles. The molecule has 0 spiro atoms. The Labute approximate surface area is 65.4 Å². The van der Waals surface area contributed by atoms with E-state index in [0.717, 1.165) is 6.42 Å². The van der Waals surface area contributed by atoms with E-state index in [4.69, 9.17) is 5.73 Å². The molecule has 0 saturated heterocycles. The smallest absolute Gasteiger partial charge is 0.0592 e. The molecule has 2 aliphatic rings. The molecule has 1 nitrogen and oxygen atoms in total. The number of nitrogens with two attached hydrogens (primary N) is 1. The average molecular weight is 153 g/mol. The van der Waals surface area contributed by atoms with Crippen LogP contribution >= 0.6 is 11.8 Å². The second kappa shape index (κ2) is 2.44. The molecule has 1 atom stereocenters. The first-order chi connectivity index (χ1) is 4.86. The first-order valence-electron chi connectivity index (χ1n) is 3.67. The van der Waals surface area contributed by atoms with Gasteiger partial charge in [0.1, 0.15) is 0 Å². The summed E-state index contributed by atoms with van der Waals surface area (Å²) in [5.74, 6) is 0. The van der Waals surface area contributed by atoms with Crippen molar-refractivity contribution in [2.24, 2.45) is 5.73 Å². The monoisotopic (exact) mass is 153 g/mol. The zero-order chi connectivity index (χ0) is 6.97. The summed E-state index contributed by atoms with van der Waals surface area (Å²) in [7, 11) is 0. The highest BCUT2D eigenvalue weighted by Gasteiger charge is 2.20. The maximum atomic E-state index is 5.78. The lowest BCUT2D eigenvalue weighted by atomic mass is 10.0. The van der Waals surface area contributed by atoms with Crippen molar-refractivity contribution in [3.05, 3.63) is 22.6 Å². The van der Waals surface area contributed by atoms with Crippen LogP contribution in [0.25, 0.3) is 0 Å². The van der Waals surface area contributed by atoms with Gasteiger partial charge in [-0.2, -0.15) is 0 Å². The highest BCUT2D eigenvalue weighted by atomic mass is 32.2. The van der Waals surface area contributed by atoms with Gasteiger partial charge in [-0.15, -0.1) is 11.8 Å². The van der Waals surface area contributed by atoms with Crippen LogP contribution in [0.1, 0.15) is 19.3 Å². The summed E-state index contributed by atoms with van der Waals surface area (Å²) in [4.78, 5) is 1.44. The fourth-order valence-corrected chi connectivity index (χ4v) is 2.60. The van der Waals surface area contributed by atoms with Crippen LogP contribution in [0.2, 0.25) is 0 Å². The summed E-state index contributed by atoms with van der Waals surface area (Å²) < 4.78 is 0. The average Bonchev–Trinajstić information content (AvgIpc) is 2.27. The quantitative estimate of drug-likeness (QED) is 0.576. The summed E-state index contributed by atoms with van der Waals surface area (Å²) >= 11 is 1.82. The minimum atomic E-state index is 0.341. The van der Waals surface area contributed by atoms with E-state index in [2.05, 4.69) is 12.2 Å². The van der Waals surface area contributed by atoms with Crippen molar-refractivity contribution < 1.29 is 0 Å². The molecule has 0 saturated carbocycles. The van der Waals surface area contributed by atoms with E-state index in [1.165, 1.54) is 17.7 Å². The van der Waals surface area contributed by atoms with Gasteiger partial charge in [0.2, 0.25) is 0 Å². The molecule has 0 aromatic heterocycles. The highest BCUT2D eigenvalue weighted by molar-refractivity contribution is 8.04. The molecular weight excluding hydrogens is 142 g/mol. The maximum absolute atomic E-state index is 5.78. The van der Waals surface area contributed by atoms with Crippen LogP contribution in [0, 0.1) is 0 Å². The van der Waals surface area contributed by atoms with Gasteiger partial charge in [-0.05, 0) is 19.3 Å². The van der Waals surface area contributed by atoms with Crippen LogP contribution in [0.5, 0.6) is 0 Å². The molecule has 0 bridgehead atoms. The molecule has 2 heteroatoms. The van der Waals surface area contributed by atoms with E-state index in [1.54, 1.807) is 5.57 Å². The molecule has 0 fully saturated rings. The molecular formula is C8H11NS. The first-order valence-corrected chi connectivity index (χ1v) is 4.55. The van der Waals surface area contributed by atoms with Crippen molar-refractivity contribution in [3.63, 3.8) is 0 Å². The van der Waals surface area contributed by atoms with Gasteiger partial charge in [-0.1, -0.05) is 17.7 Å². The molecule has 1 aliphatic heterocycles. The van der Waals surface area contributed by atoms with E-state index in [-0.39, 0.29) is 0 Å². The van der Waals surface area contributed by atoms with Crippen molar-refractivity contribution in [2.45, 2.75) is 24.6 Å². The number of allylic oxidation sites excluding steroid dienone is 2. The molecule has 1 unspecified atom stereocenters. The highest BCUT2D eigenvalue weighted by Crippen LogP contribution is 2.40. The van der Waals surface area contributed by atoms with Gasteiger partial charge in [0, 0.05) is 4.91 Å². The van der Waals surface area contributed by atoms with Crippen LogP contribution in [-0.4, -0.2) is 5.37 Å². The van der Waals surface area contributed by atoms with Crippen LogP contribution < -0.4 is 5.73 Å². The van der Waals surface area contributed by atoms with Crippen molar-refractivity contribution in [1.82, 2.24) is 0 Å². The van der Waals surface area contributed by atoms with E-state index < -0.39 is 0 Å². The van der Waals surface area contributed by atoms with Gasteiger partial charge in [0.25, 0.3) is 0 Å². The molecule has 2 N–H and O–H groups in total. The Hall–Kier alpha value is -0.210. The fraction of sp³-hybridized carbons (Fsp3) is 0.500. The largest absolute Gasteiger partial charge is 0.319 e. The number of thioether (sulfide) groups is 1. The van der Waals surface area contributed by atoms with Gasteiger partial charge in [-0.3, -0.25) is 0 Å². The van der Waals surface area contributed by atoms with E-state index >= 15 is 0 Å². The van der Waals surface area contributed by atoms with E-state index in [0.29, 0.717) is 5.37 Å². The summed E-state index contributed by atoms with van der Waals surface area (Å²) in [6, 6.07) is 0. The second-order valence-corrected chi connectivity index (χ2v) is 4.05. The van der Waals surface area contributed by atoms with Crippen molar-refractivity contribution in [3.8, 4) is 0 Å². The minimum Gasteiger partial charge on any atom is -0.319 e. The Morgan fingerprint density at radius 1 is 1.60 bits per heavy atom. The lowest BCUT2D eigenvalue weighted by molar-refractivity contribution is 0.831. The first kappa shape index (κ1) is 6.50. The topological polar surface area (TPSA) is 26.0 Å². The predicted octanol–water partition coefficient (Wildman–Crippen LogP) is 2.01. The Morgan fingerprint density at radius 2 is 2.50 bits per heavy atom. The van der Waals surface area contributed by atoms with Crippen LogP contribution in [0.3, 0.4) is 0 Å². The molecule has 1 aliphatic carbocycles. The molecule has 0 aromatic rings. The third-order valence-electron chi connectivity index (χ3n) is 1.96. The SMILES string of the molecule is NC1CC2=C(C=CCC2)S1. The number of hydrogen-bond acceptors (Lipinski definition) is 2. The summed E-state index contributed by atoms with van der Waals surface area (Å²) in [5, 5.41) is 0.341. The molecule has 54 valence electrons. The maximum Gasteiger partial charge on any atom is 0.0592 e. The zero-order valence-corrected chi connectivity index (χ0v) is 6.66. The Morgan fingerprint density at radius 3 is 3.30 bits per heavy atom. The summed E-state index contributed by atoms with van der Waals surface area (Å²) in [6.45, 7) is 0. The van der Waals surface area contributed by atoms with Gasteiger partial charge < -0.3 is 5.73 Å². The lowest BCUT2D eigenvalue weighted by Gasteiger charge is -2.04. The Balaban J connectivity index is 2.21. The van der Waals surface area contributed by atoms with Gasteiger partial charge >= 0.3 is 0 Å². The molecule has 1 heterocycles. The van der Waals surface area contributed by atoms with Crippen LogP contribution in [0.15, 0.2) is 22.6 Å². The predicted molar refractivity (Wildman–Crippen MR) is 45.6 cm³/mol. The standard InChI is InChI=1S/C8H11NS/c9-8-5-6-3-1-2-4-7(6)10-8/h2,4,8H,1,3,5,9H2. The summed E-state index contributed by atoms with van der Waals surface area (Å²) in [6.07, 6.45) is 8.03. The fourth-order valence-electron chi connectivity index (χ4n) is 1.46. The molecule has 2 rings (SSSR count). The third-order valence-corrected chi connectivity index (χ3v) is 3.10. The van der Waals surface area contributed by atoms with Gasteiger partial charge in [-0.25, -0.2) is 0 Å². The number of rotatable bonds is 0. The van der Waals surface area contributed by atoms with Crippen LogP contribution in [-0.2, 0) is 0 Å². The normalized spacial score (nSPS) is 31.1. The second-order valence-electron chi connectivity index (χ2n) is 2.77. The van der Waals surface area contributed by atoms with E-state index in [9.17, 15) is 0 Å². The van der Waals surface area contributed by atoms with Gasteiger partial charge in [0.05, 0.1) is 5.37 Å². The minimum absolute atomic E-state index is 0.341. The van der Waals surface area contributed by atoms with Crippen LogP contribution in [0.4, 0.5) is 0 Å². The van der Waals surface area contributed by atoms with Gasteiger partial charge in [0.15, 0.2) is 0 Å². The van der Waals surface area contributed by atoms with Crippen molar-refractivity contribution in [2.75, 3.05) is 0 Å². The summed E-state index contributed by atoms with van der Waals surface area (Å²) in [5.41, 5.74) is 7.37. The van der Waals surface area contributed by atoms with E-state index in [1.807, 2.05) is 11.8 Å². The Kier molecular flexibility index (Phi) is 1.58. The molecule has 0 amide bonds. The van der Waals surface area contributed by atoms with Crippen molar-refractivity contribution in [1.29, 1.82) is 0 Å². The number of hydrogen-bond donors (Lipinski definition) is 1. The molecule has 0 radical (unpaired) electrons. The lowest BCUT2D eigenvalue weighted by Crippen LogP contribution is -2.10. The Bertz CT molecular complexity index is 205. The zero-order valence-electron chi connectivity index (χ0n) is 5.84. The third kappa shape index (κ3) is 1.02. The molecule has 10 heavy (non-hydrogen) atoms. The van der Waals surface area contributed by atoms with Crippen molar-refractivity contribution >= 4 is 11.8 Å².